The lowest BCUT2D eigenvalue weighted by Gasteiger charge is -2.22. The molecule has 1 amide bonds. The maximum absolute atomic E-state index is 11.4. The van der Waals surface area contributed by atoms with E-state index in [1.54, 1.807) is 0 Å². The number of nitrogens with zero attached hydrogens (tertiary/aromatic N) is 1. The predicted octanol–water partition coefficient (Wildman–Crippen LogP) is 0.868. The fourth-order valence-electron chi connectivity index (χ4n) is 0.777. The molecule has 0 aromatic rings. The third-order valence-corrected chi connectivity index (χ3v) is 2.11. The highest BCUT2D eigenvalue weighted by Crippen LogP contribution is 2.05. The fourth-order valence-corrected chi connectivity index (χ4v) is 0.777. The van der Waals surface area contributed by atoms with Crippen molar-refractivity contribution >= 4 is 5.91 Å². The molecular formula is C11H24N2O2. The summed E-state index contributed by atoms with van der Waals surface area (Å²) in [7, 11) is 3.98. The molecular weight excluding hydrogens is 192 g/mol. The Kier molecular flexibility index (Phi) is 5.83. The smallest absolute Gasteiger partial charge is 0.246 e. The van der Waals surface area contributed by atoms with Crippen LogP contribution in [-0.2, 0) is 9.53 Å². The highest BCUT2D eigenvalue weighted by molar-refractivity contribution is 5.77. The van der Waals surface area contributed by atoms with Crippen molar-refractivity contribution in [3.05, 3.63) is 0 Å². The number of carbonyl (C=O) groups excluding carboxylic acids is 1. The van der Waals surface area contributed by atoms with Gasteiger partial charge in [-0.05, 0) is 41.8 Å². The van der Waals surface area contributed by atoms with Crippen LogP contribution in [0.25, 0.3) is 0 Å². The number of amides is 1. The molecule has 0 heterocycles. The molecule has 0 radical (unpaired) electrons. The number of ether oxygens (including phenoxy) is 1. The van der Waals surface area contributed by atoms with Crippen LogP contribution in [0.5, 0.6) is 0 Å². The van der Waals surface area contributed by atoms with Crippen molar-refractivity contribution in [1.82, 2.24) is 10.2 Å². The number of hydrogen-bond donors (Lipinski definition) is 1. The molecule has 0 saturated heterocycles. The molecule has 1 N–H and O–H groups in total. The first kappa shape index (κ1) is 14.4. The Morgan fingerprint density at radius 1 is 1.40 bits per heavy atom. The Labute approximate surface area is 93.0 Å². The van der Waals surface area contributed by atoms with Gasteiger partial charge in [-0.1, -0.05) is 0 Å². The highest BCUT2D eigenvalue weighted by Gasteiger charge is 2.13. The van der Waals surface area contributed by atoms with Gasteiger partial charge in [0.25, 0.3) is 0 Å². The summed E-state index contributed by atoms with van der Waals surface area (Å²) in [6.45, 7) is 8.64. The van der Waals surface area contributed by atoms with Gasteiger partial charge >= 0.3 is 0 Å². The Bertz CT molecular complexity index is 197. The van der Waals surface area contributed by atoms with Crippen LogP contribution in [0, 0.1) is 0 Å². The van der Waals surface area contributed by atoms with Crippen LogP contribution in [0.1, 0.15) is 27.7 Å². The van der Waals surface area contributed by atoms with Gasteiger partial charge < -0.3 is 15.0 Å². The average Bonchev–Trinajstić information content (AvgIpc) is 2.09. The Morgan fingerprint density at radius 3 is 2.33 bits per heavy atom. The molecule has 0 aliphatic carbocycles. The fraction of sp³-hybridized carbons (Fsp3) is 0.909. The van der Waals surface area contributed by atoms with E-state index < -0.39 is 0 Å². The van der Waals surface area contributed by atoms with Crippen LogP contribution in [0.2, 0.25) is 0 Å². The second kappa shape index (κ2) is 6.08. The normalized spacial score (nSPS) is 14.1. The summed E-state index contributed by atoms with van der Waals surface area (Å²) in [6, 6.07) is 0.337. The van der Waals surface area contributed by atoms with Gasteiger partial charge in [-0.3, -0.25) is 4.79 Å². The van der Waals surface area contributed by atoms with E-state index in [-0.39, 0.29) is 18.1 Å². The standard InChI is InChI=1S/C11H24N2O2/c1-9(13(5)6)7-12-10(14)8-15-11(2,3)4/h9H,7-8H2,1-6H3,(H,12,14). The molecule has 4 nitrogen and oxygen atoms in total. The largest absolute Gasteiger partial charge is 0.366 e. The minimum Gasteiger partial charge on any atom is -0.366 e. The van der Waals surface area contributed by atoms with E-state index in [4.69, 9.17) is 4.74 Å². The van der Waals surface area contributed by atoms with E-state index in [1.165, 1.54) is 0 Å². The monoisotopic (exact) mass is 216 g/mol. The van der Waals surface area contributed by atoms with Crippen molar-refractivity contribution in [1.29, 1.82) is 0 Å². The van der Waals surface area contributed by atoms with Crippen LogP contribution in [0.3, 0.4) is 0 Å². The lowest BCUT2D eigenvalue weighted by molar-refractivity contribution is -0.130. The van der Waals surface area contributed by atoms with E-state index in [2.05, 4.69) is 17.1 Å². The van der Waals surface area contributed by atoms with E-state index in [0.717, 1.165) is 0 Å². The lowest BCUT2D eigenvalue weighted by Crippen LogP contribution is -2.40. The molecule has 0 bridgehead atoms. The number of likely N-dealkylation sites (N-methyl/N-ethyl adjacent to an activating group) is 1. The van der Waals surface area contributed by atoms with Crippen LogP contribution < -0.4 is 5.32 Å². The first-order valence-corrected chi connectivity index (χ1v) is 5.29. The van der Waals surface area contributed by atoms with Crippen molar-refractivity contribution in [2.45, 2.75) is 39.3 Å². The van der Waals surface area contributed by atoms with Crippen LogP contribution in [-0.4, -0.2) is 49.7 Å². The van der Waals surface area contributed by atoms with Gasteiger partial charge in [-0.2, -0.15) is 0 Å². The molecule has 15 heavy (non-hydrogen) atoms. The van der Waals surface area contributed by atoms with Crippen LogP contribution in [0.4, 0.5) is 0 Å². The summed E-state index contributed by atoms with van der Waals surface area (Å²) in [6.07, 6.45) is 0. The van der Waals surface area contributed by atoms with Gasteiger partial charge in [-0.25, -0.2) is 0 Å². The molecule has 0 aliphatic rings. The molecule has 0 fully saturated rings. The first-order valence-electron chi connectivity index (χ1n) is 5.29. The molecule has 1 atom stereocenters. The van der Waals surface area contributed by atoms with E-state index in [1.807, 2.05) is 34.9 Å². The van der Waals surface area contributed by atoms with Crippen molar-refractivity contribution in [3.63, 3.8) is 0 Å². The minimum atomic E-state index is -0.259. The zero-order chi connectivity index (χ0) is 12.1. The van der Waals surface area contributed by atoms with Crippen LogP contribution in [0.15, 0.2) is 0 Å². The predicted molar refractivity (Wildman–Crippen MR) is 61.9 cm³/mol. The molecule has 90 valence electrons. The number of carbonyl (C=O) groups is 1. The summed E-state index contributed by atoms with van der Waals surface area (Å²) in [5, 5.41) is 2.83. The van der Waals surface area contributed by atoms with Crippen molar-refractivity contribution < 1.29 is 9.53 Å². The van der Waals surface area contributed by atoms with Gasteiger partial charge in [0, 0.05) is 12.6 Å². The molecule has 0 aromatic heterocycles. The number of rotatable bonds is 5. The number of hydrogen-bond acceptors (Lipinski definition) is 3. The molecule has 1 unspecified atom stereocenters. The van der Waals surface area contributed by atoms with Gasteiger partial charge in [0.2, 0.25) is 5.91 Å². The first-order chi connectivity index (χ1) is 6.72. The second-order valence-electron chi connectivity index (χ2n) is 5.02. The van der Waals surface area contributed by atoms with E-state index in [9.17, 15) is 4.79 Å². The summed E-state index contributed by atoms with van der Waals surface area (Å²) < 4.78 is 5.36. The van der Waals surface area contributed by atoms with E-state index in [0.29, 0.717) is 12.6 Å². The summed E-state index contributed by atoms with van der Waals surface area (Å²) >= 11 is 0. The van der Waals surface area contributed by atoms with Crippen molar-refractivity contribution in [3.8, 4) is 0 Å². The third kappa shape index (κ3) is 8.39. The molecule has 0 aromatic carbocycles. The van der Waals surface area contributed by atoms with Crippen molar-refractivity contribution in [2.24, 2.45) is 0 Å². The second-order valence-corrected chi connectivity index (χ2v) is 5.02. The molecule has 0 aliphatic heterocycles. The maximum Gasteiger partial charge on any atom is 0.246 e. The molecule has 0 rings (SSSR count). The summed E-state index contributed by atoms with van der Waals surface area (Å²) in [5.74, 6) is -0.0568. The molecule has 0 saturated carbocycles. The van der Waals surface area contributed by atoms with Gasteiger partial charge in [0.15, 0.2) is 0 Å². The number of nitrogens with one attached hydrogen (secondary N) is 1. The van der Waals surface area contributed by atoms with Gasteiger partial charge in [0.1, 0.15) is 6.61 Å². The third-order valence-electron chi connectivity index (χ3n) is 2.11. The van der Waals surface area contributed by atoms with E-state index >= 15 is 0 Å². The Balaban J connectivity index is 3.67. The molecule has 4 heteroatoms. The topological polar surface area (TPSA) is 41.6 Å². The summed E-state index contributed by atoms with van der Waals surface area (Å²) in [5.41, 5.74) is -0.259. The average molecular weight is 216 g/mol. The zero-order valence-corrected chi connectivity index (χ0v) is 10.8. The zero-order valence-electron chi connectivity index (χ0n) is 10.8. The Hall–Kier alpha value is -0.610. The SMILES string of the molecule is CC(CNC(=O)COC(C)(C)C)N(C)C. The minimum absolute atomic E-state index is 0.0568. The lowest BCUT2D eigenvalue weighted by atomic mass is 10.2. The Morgan fingerprint density at radius 2 is 1.93 bits per heavy atom. The van der Waals surface area contributed by atoms with Gasteiger partial charge in [0.05, 0.1) is 5.60 Å². The molecule has 0 spiro atoms. The summed E-state index contributed by atoms with van der Waals surface area (Å²) in [4.78, 5) is 13.4. The van der Waals surface area contributed by atoms with Crippen molar-refractivity contribution in [2.75, 3.05) is 27.2 Å². The van der Waals surface area contributed by atoms with Gasteiger partial charge in [-0.15, -0.1) is 0 Å². The maximum atomic E-state index is 11.4. The van der Waals surface area contributed by atoms with Crippen LogP contribution >= 0.6 is 0 Å². The highest BCUT2D eigenvalue weighted by atomic mass is 16.5. The quantitative estimate of drug-likeness (QED) is 0.741.